The number of carbonyl (C=O) groups excluding carboxylic acids is 2. The number of hydrogen-bond donors (Lipinski definition) is 3. The van der Waals surface area contributed by atoms with Crippen molar-refractivity contribution in [2.45, 2.75) is 29.0 Å². The molecule has 0 radical (unpaired) electrons. The van der Waals surface area contributed by atoms with Gasteiger partial charge in [-0.15, -0.1) is 23.5 Å². The van der Waals surface area contributed by atoms with Gasteiger partial charge >= 0.3 is 0 Å². The molecule has 0 bridgehead atoms. The highest BCUT2D eigenvalue weighted by molar-refractivity contribution is 8.01. The van der Waals surface area contributed by atoms with Crippen LogP contribution in [0, 0.1) is 0 Å². The number of Topliss-reactive ketones (excluding diaryl/α,β-unsaturated/α-hetero) is 2. The minimum absolute atomic E-state index is 0.0218. The molecule has 1 aromatic carbocycles. The number of rotatable bonds is 5. The summed E-state index contributed by atoms with van der Waals surface area (Å²) in [6.07, 6.45) is 2.60. The Kier molecular flexibility index (Phi) is 5.01. The summed E-state index contributed by atoms with van der Waals surface area (Å²) in [7, 11) is 0. The number of carbonyl (C=O) groups is 2. The zero-order valence-electron chi connectivity index (χ0n) is 13.6. The fourth-order valence-corrected chi connectivity index (χ4v) is 6.01. The van der Waals surface area contributed by atoms with E-state index < -0.39 is 6.04 Å². The zero-order valence-corrected chi connectivity index (χ0v) is 15.2. The van der Waals surface area contributed by atoms with Crippen LogP contribution in [0.25, 0.3) is 6.08 Å². The van der Waals surface area contributed by atoms with Gasteiger partial charge in [-0.1, -0.05) is 24.3 Å². The largest absolute Gasteiger partial charge is 0.395 e. The van der Waals surface area contributed by atoms with Gasteiger partial charge in [-0.2, -0.15) is 0 Å². The number of aliphatic hydroxyl groups excluding tert-OH is 1. The molecule has 4 atom stereocenters. The average molecular weight is 377 g/mol. The van der Waals surface area contributed by atoms with Crippen LogP contribution in [0.1, 0.15) is 11.1 Å². The van der Waals surface area contributed by atoms with Gasteiger partial charge < -0.3 is 10.4 Å². The molecule has 2 saturated heterocycles. The van der Waals surface area contributed by atoms with Crippen LogP contribution in [0.3, 0.4) is 0 Å². The molecule has 0 spiro atoms. The Morgan fingerprint density at radius 3 is 2.68 bits per heavy atom. The molecule has 2 heterocycles. The van der Waals surface area contributed by atoms with E-state index in [1.54, 1.807) is 0 Å². The van der Waals surface area contributed by atoms with Crippen molar-refractivity contribution in [2.75, 3.05) is 18.4 Å². The summed E-state index contributed by atoms with van der Waals surface area (Å²) in [4.78, 5) is 26.0. The molecular weight excluding hydrogens is 356 g/mol. The van der Waals surface area contributed by atoms with Crippen LogP contribution in [0.2, 0.25) is 0 Å². The van der Waals surface area contributed by atoms with E-state index in [1.165, 1.54) is 29.1 Å². The van der Waals surface area contributed by atoms with Crippen molar-refractivity contribution in [2.24, 2.45) is 0 Å². The predicted molar refractivity (Wildman–Crippen MR) is 102 cm³/mol. The van der Waals surface area contributed by atoms with Crippen LogP contribution in [0.5, 0.6) is 0 Å². The van der Waals surface area contributed by atoms with Gasteiger partial charge in [0.25, 0.3) is 0 Å². The van der Waals surface area contributed by atoms with E-state index in [-0.39, 0.29) is 34.7 Å². The second-order valence-electron chi connectivity index (χ2n) is 6.45. The molecule has 3 N–H and O–H groups in total. The number of aliphatic hydroxyl groups is 1. The van der Waals surface area contributed by atoms with Crippen LogP contribution < -0.4 is 10.6 Å². The molecule has 2 fully saturated rings. The normalized spacial score (nSPS) is 31.0. The quantitative estimate of drug-likeness (QED) is 0.702. The third-order valence-electron chi connectivity index (χ3n) is 4.97. The number of ketones is 2. The first kappa shape index (κ1) is 17.3. The summed E-state index contributed by atoms with van der Waals surface area (Å²) in [6, 6.07) is 7.31. The molecule has 4 rings (SSSR count). The van der Waals surface area contributed by atoms with Crippen molar-refractivity contribution in [3.05, 3.63) is 41.0 Å². The van der Waals surface area contributed by atoms with Crippen LogP contribution in [0.15, 0.2) is 29.8 Å². The lowest BCUT2D eigenvalue weighted by molar-refractivity contribution is -0.124. The Hall–Kier alpha value is -1.12. The summed E-state index contributed by atoms with van der Waals surface area (Å²) < 4.78 is 0. The molecule has 2 unspecified atom stereocenters. The van der Waals surface area contributed by atoms with Crippen molar-refractivity contribution >= 4 is 41.2 Å². The number of thioether (sulfide) groups is 2. The van der Waals surface area contributed by atoms with Crippen molar-refractivity contribution in [3.8, 4) is 0 Å². The van der Waals surface area contributed by atoms with Crippen LogP contribution in [-0.4, -0.2) is 57.6 Å². The summed E-state index contributed by atoms with van der Waals surface area (Å²) >= 11 is 3.02. The summed E-state index contributed by atoms with van der Waals surface area (Å²) in [5.41, 5.74) is 3.05. The molecule has 0 amide bonds. The third kappa shape index (κ3) is 3.19. The van der Waals surface area contributed by atoms with Gasteiger partial charge in [0.1, 0.15) is 0 Å². The number of hydrogen-bond acceptors (Lipinski definition) is 7. The molecule has 0 saturated carbocycles. The van der Waals surface area contributed by atoms with Crippen LogP contribution >= 0.6 is 23.5 Å². The van der Waals surface area contributed by atoms with Gasteiger partial charge in [-0.05, 0) is 17.2 Å². The molecule has 0 aromatic heterocycles. The minimum Gasteiger partial charge on any atom is -0.395 e. The summed E-state index contributed by atoms with van der Waals surface area (Å²) in [5.74, 6) is 1.33. The molecule has 1 aliphatic carbocycles. The Morgan fingerprint density at radius 1 is 1.12 bits per heavy atom. The van der Waals surface area contributed by atoms with Gasteiger partial charge in [0.15, 0.2) is 11.6 Å². The third-order valence-corrected chi connectivity index (χ3v) is 7.40. The lowest BCUT2D eigenvalue weighted by atomic mass is 9.96. The maximum atomic E-state index is 13.0. The first-order chi connectivity index (χ1) is 12.2. The van der Waals surface area contributed by atoms with Gasteiger partial charge in [0.05, 0.1) is 23.1 Å². The standard InChI is InChI=1S/C18H20N2O3S2/c21-7-13-17(24-8-19-13)16(23)14-18(25-9-20-14)15(22)12-5-10-3-1-2-4-11(10)6-12/h1-5,13-14,17-21H,6-9H2/t13-,14-,17?,18?/m1/s1. The monoisotopic (exact) mass is 376 g/mol. The van der Waals surface area contributed by atoms with Crippen LogP contribution in [-0.2, 0) is 16.0 Å². The van der Waals surface area contributed by atoms with E-state index >= 15 is 0 Å². The lowest BCUT2D eigenvalue weighted by Crippen LogP contribution is -2.50. The van der Waals surface area contributed by atoms with E-state index in [9.17, 15) is 14.7 Å². The number of nitrogens with one attached hydrogen (secondary N) is 2. The number of fused-ring (bicyclic) bond motifs is 1. The number of benzene rings is 1. The fourth-order valence-electron chi connectivity index (χ4n) is 3.61. The lowest BCUT2D eigenvalue weighted by Gasteiger charge is -2.22. The Balaban J connectivity index is 1.50. The fraction of sp³-hybridized carbons (Fsp3) is 0.444. The van der Waals surface area contributed by atoms with Gasteiger partial charge in [0, 0.05) is 29.8 Å². The second kappa shape index (κ2) is 7.25. The van der Waals surface area contributed by atoms with Crippen molar-refractivity contribution in [1.82, 2.24) is 10.6 Å². The Labute approximate surface area is 155 Å². The van der Waals surface area contributed by atoms with Crippen molar-refractivity contribution < 1.29 is 14.7 Å². The Bertz CT molecular complexity index is 737. The van der Waals surface area contributed by atoms with Crippen molar-refractivity contribution in [3.63, 3.8) is 0 Å². The van der Waals surface area contributed by atoms with E-state index in [4.69, 9.17) is 0 Å². The van der Waals surface area contributed by atoms with Gasteiger partial charge in [-0.3, -0.25) is 14.9 Å². The van der Waals surface area contributed by atoms with E-state index in [1.807, 2.05) is 30.3 Å². The highest BCUT2D eigenvalue weighted by Gasteiger charge is 2.45. The maximum absolute atomic E-state index is 13.0. The SMILES string of the molecule is O=C(C1=Cc2ccccc2C1)C1SCN[C@@H]1C(=O)C1SCN[C@@H]1CO. The molecule has 5 nitrogen and oxygen atoms in total. The first-order valence-corrected chi connectivity index (χ1v) is 10.5. The van der Waals surface area contributed by atoms with Gasteiger partial charge in [0.2, 0.25) is 0 Å². The van der Waals surface area contributed by atoms with Gasteiger partial charge in [-0.25, -0.2) is 0 Å². The number of allylic oxidation sites excluding steroid dienone is 1. The molecule has 3 aliphatic rings. The molecule has 7 heteroatoms. The summed E-state index contributed by atoms with van der Waals surface area (Å²) in [6.45, 7) is -0.0671. The molecular formula is C18H20N2O3S2. The molecule has 132 valence electrons. The molecule has 2 aliphatic heterocycles. The molecule has 25 heavy (non-hydrogen) atoms. The van der Waals surface area contributed by atoms with Crippen molar-refractivity contribution in [1.29, 1.82) is 0 Å². The highest BCUT2D eigenvalue weighted by atomic mass is 32.2. The van der Waals surface area contributed by atoms with E-state index in [2.05, 4.69) is 10.6 Å². The summed E-state index contributed by atoms with van der Waals surface area (Å²) in [5, 5.41) is 15.1. The topological polar surface area (TPSA) is 78.4 Å². The van der Waals surface area contributed by atoms with Crippen LogP contribution in [0.4, 0.5) is 0 Å². The first-order valence-electron chi connectivity index (χ1n) is 8.36. The smallest absolute Gasteiger partial charge is 0.174 e. The van der Waals surface area contributed by atoms with E-state index in [0.29, 0.717) is 18.2 Å². The molecule has 1 aromatic rings. The highest BCUT2D eigenvalue weighted by Crippen LogP contribution is 2.33. The Morgan fingerprint density at radius 2 is 1.88 bits per heavy atom. The second-order valence-corrected chi connectivity index (χ2v) is 8.71. The zero-order chi connectivity index (χ0) is 17.4. The minimum atomic E-state index is -0.478. The van der Waals surface area contributed by atoms with E-state index in [0.717, 1.165) is 11.1 Å². The maximum Gasteiger partial charge on any atom is 0.174 e. The average Bonchev–Trinajstić information content (AvgIpc) is 3.38. The predicted octanol–water partition coefficient (Wildman–Crippen LogP) is 0.819.